The van der Waals surface area contributed by atoms with E-state index >= 15 is 0 Å². The van der Waals surface area contributed by atoms with Crippen molar-refractivity contribution in [3.63, 3.8) is 0 Å². The highest BCUT2D eigenvalue weighted by molar-refractivity contribution is 5.97. The molecule has 0 aliphatic heterocycles. The summed E-state index contributed by atoms with van der Waals surface area (Å²) < 4.78 is 168. The standard InChI is InChI=1S/C63H63N3O/c1-39-32-41(3)59(67)52(33-39)60-65-58-51(46-35-47(37-49(36-46)62(7,8)9)54-38-44(30-31-64-54)42-24-27-48(28-25-42)61(4,5)6)21-17-23-56(58)66(60)55-29-26-45(34-40(55)2)57-50(43-18-14-13-15-19-43)20-16-22-53(57)63(10,11)12/h13-38,67H,1-12H3/i2D3,4D3,5D3,6D3,24D,25D,27D,28D,30D,31D,38D. The molecule has 0 spiro atoms. The minimum absolute atomic E-state index is 0.000921. The minimum atomic E-state index is -3.95. The topological polar surface area (TPSA) is 50.9 Å². The first-order valence-corrected chi connectivity index (χ1v) is 22.1. The van der Waals surface area contributed by atoms with Gasteiger partial charge in [-0.3, -0.25) is 9.55 Å². The van der Waals surface area contributed by atoms with Crippen LogP contribution in [0.4, 0.5) is 0 Å². The second-order valence-corrected chi connectivity index (χ2v) is 19.2. The van der Waals surface area contributed by atoms with Gasteiger partial charge in [-0.05, 0) is 158 Å². The van der Waals surface area contributed by atoms with Crippen molar-refractivity contribution < 1.29 is 31.2 Å². The van der Waals surface area contributed by atoms with Crippen LogP contribution in [0.15, 0.2) is 158 Å². The number of pyridine rings is 1. The van der Waals surface area contributed by atoms with Crippen molar-refractivity contribution in [1.82, 2.24) is 14.5 Å². The van der Waals surface area contributed by atoms with Crippen LogP contribution < -0.4 is 0 Å². The number of aromatic hydroxyl groups is 1. The smallest absolute Gasteiger partial charge is 0.149 e. The molecule has 4 nitrogen and oxygen atoms in total. The molecule has 0 fully saturated rings. The van der Waals surface area contributed by atoms with Crippen LogP contribution in [0.1, 0.15) is 122 Å². The Kier molecular flexibility index (Phi) is 6.99. The van der Waals surface area contributed by atoms with Crippen LogP contribution in [0.2, 0.25) is 0 Å². The molecule has 0 saturated carbocycles. The fourth-order valence-corrected chi connectivity index (χ4v) is 8.68. The van der Waals surface area contributed by atoms with E-state index in [0.29, 0.717) is 44.4 Å². The molecule has 9 aromatic rings. The van der Waals surface area contributed by atoms with Gasteiger partial charge in [-0.25, -0.2) is 4.98 Å². The zero-order chi connectivity index (χ0) is 63.7. The summed E-state index contributed by atoms with van der Waals surface area (Å²) in [6.07, 6.45) is -0.774. The summed E-state index contributed by atoms with van der Waals surface area (Å²) >= 11 is 0. The molecule has 2 heterocycles. The third-order valence-corrected chi connectivity index (χ3v) is 12.1. The van der Waals surface area contributed by atoms with Crippen LogP contribution in [0.25, 0.3) is 83.9 Å². The van der Waals surface area contributed by atoms with Crippen LogP contribution in [-0.2, 0) is 16.2 Å². The Morgan fingerprint density at radius 3 is 2.01 bits per heavy atom. The summed E-state index contributed by atoms with van der Waals surface area (Å²) in [6, 6.07) is 29.1. The molecule has 2 aromatic heterocycles. The SMILES string of the molecule is [2H]c1nc(-c2cc(-c3cccc4c3nc(-c3cc(C)cc(C)c3O)n4-c3ccc(-c4c(-c5ccccc5)cccc4C(C)(C)C)cc3C([2H])([2H])[2H])cc(C(C)(C)C)c2)c([2H])c(-c2c([2H])c([2H])c(C(C([2H])([2H])[2H])(C([2H])([2H])[2H])C([2H])([2H])[2H])c([2H])c2[2H])c1[2H]. The Balaban J connectivity index is 1.33. The Bertz CT molecular complexity index is 4130. The monoisotopic (exact) mass is 897 g/mol. The van der Waals surface area contributed by atoms with Crippen molar-refractivity contribution in [3.05, 3.63) is 191 Å². The predicted octanol–water partition coefficient (Wildman–Crippen LogP) is 16.9. The number of para-hydroxylation sites is 1. The van der Waals surface area contributed by atoms with Crippen LogP contribution in [0, 0.1) is 20.7 Å². The molecule has 0 aliphatic rings. The third-order valence-electron chi connectivity index (χ3n) is 12.1. The van der Waals surface area contributed by atoms with Crippen molar-refractivity contribution in [1.29, 1.82) is 0 Å². The molecule has 9 rings (SSSR count). The highest BCUT2D eigenvalue weighted by atomic mass is 16.3. The first-order valence-electron chi connectivity index (χ1n) is 31.6. The number of rotatable bonds is 7. The van der Waals surface area contributed by atoms with E-state index in [4.69, 9.17) is 22.8 Å². The Morgan fingerprint density at radius 2 is 1.30 bits per heavy atom. The fourth-order valence-electron chi connectivity index (χ4n) is 8.68. The van der Waals surface area contributed by atoms with Crippen LogP contribution in [-0.4, -0.2) is 19.6 Å². The Morgan fingerprint density at radius 1 is 0.567 bits per heavy atom. The average Bonchev–Trinajstić information content (AvgIpc) is 0.772. The van der Waals surface area contributed by atoms with E-state index < -0.39 is 97.4 Å². The van der Waals surface area contributed by atoms with Crippen LogP contribution in [0.3, 0.4) is 0 Å². The number of imidazole rings is 1. The molecule has 0 radical (unpaired) electrons. The second-order valence-electron chi connectivity index (χ2n) is 19.2. The summed E-state index contributed by atoms with van der Waals surface area (Å²) in [6.45, 7) is 1.19. The molecule has 7 aromatic carbocycles. The lowest BCUT2D eigenvalue weighted by molar-refractivity contribution is 0.472. The van der Waals surface area contributed by atoms with Gasteiger partial charge in [-0.1, -0.05) is 165 Å². The van der Waals surface area contributed by atoms with Crippen molar-refractivity contribution in [3.8, 4) is 78.6 Å². The maximum Gasteiger partial charge on any atom is 0.149 e. The first-order chi connectivity index (χ1) is 39.6. The molecule has 0 unspecified atom stereocenters. The summed E-state index contributed by atoms with van der Waals surface area (Å²) in [7, 11) is 0. The van der Waals surface area contributed by atoms with E-state index in [0.717, 1.165) is 27.8 Å². The quantitative estimate of drug-likeness (QED) is 0.173. The van der Waals surface area contributed by atoms with Crippen molar-refractivity contribution in [2.75, 3.05) is 0 Å². The van der Waals surface area contributed by atoms with Gasteiger partial charge in [-0.15, -0.1) is 0 Å². The van der Waals surface area contributed by atoms with Crippen LogP contribution in [0.5, 0.6) is 5.75 Å². The molecular formula is C63H63N3O. The number of phenolic OH excluding ortho intramolecular Hbond substituents is 1. The summed E-state index contributed by atoms with van der Waals surface area (Å²) in [5.41, 5.74) is 0.853. The van der Waals surface area contributed by atoms with Gasteiger partial charge in [0.1, 0.15) is 11.6 Å². The van der Waals surface area contributed by atoms with Crippen molar-refractivity contribution >= 4 is 11.0 Å². The number of nitrogens with zero attached hydrogens (tertiary/aromatic N) is 3. The second kappa shape index (κ2) is 17.0. The van der Waals surface area contributed by atoms with Gasteiger partial charge in [0, 0.05) is 33.7 Å². The molecule has 0 amide bonds. The zero-order valence-electron chi connectivity index (χ0n) is 57.8. The molecule has 4 heteroatoms. The molecule has 1 N–H and O–H groups in total. The van der Waals surface area contributed by atoms with Gasteiger partial charge < -0.3 is 5.11 Å². The van der Waals surface area contributed by atoms with E-state index in [9.17, 15) is 13.3 Å². The molecule has 67 heavy (non-hydrogen) atoms. The van der Waals surface area contributed by atoms with E-state index in [2.05, 4.69) is 31.8 Å². The lowest BCUT2D eigenvalue weighted by Crippen LogP contribution is -2.13. The maximum atomic E-state index is 12.0. The number of benzene rings is 7. The number of aryl methyl sites for hydroxylation is 3. The van der Waals surface area contributed by atoms with Crippen molar-refractivity contribution in [2.45, 2.75) is 99.0 Å². The average molecular weight is 897 g/mol. The number of aromatic nitrogens is 3. The summed E-state index contributed by atoms with van der Waals surface area (Å²) in [4.78, 5) is 9.69. The molecule has 336 valence electrons. The van der Waals surface area contributed by atoms with Gasteiger partial charge in [0.15, 0.2) is 0 Å². The highest BCUT2D eigenvalue weighted by Crippen LogP contribution is 2.44. The summed E-state index contributed by atoms with van der Waals surface area (Å²) in [5.74, 6) is 0.132. The predicted molar refractivity (Wildman–Crippen MR) is 283 cm³/mol. The van der Waals surface area contributed by atoms with Crippen molar-refractivity contribution in [2.24, 2.45) is 0 Å². The lowest BCUT2D eigenvalue weighted by Gasteiger charge is -2.26. The van der Waals surface area contributed by atoms with Crippen LogP contribution >= 0.6 is 0 Å². The van der Waals surface area contributed by atoms with Gasteiger partial charge in [0.25, 0.3) is 0 Å². The highest BCUT2D eigenvalue weighted by Gasteiger charge is 2.26. The van der Waals surface area contributed by atoms with E-state index in [1.807, 2.05) is 88.4 Å². The lowest BCUT2D eigenvalue weighted by atomic mass is 9.78. The number of fused-ring (bicyclic) bond motifs is 1. The Labute approximate surface area is 424 Å². The minimum Gasteiger partial charge on any atom is -0.507 e. The maximum absolute atomic E-state index is 12.0. The Hall–Kier alpha value is -7.04. The zero-order valence-corrected chi connectivity index (χ0v) is 38.8. The third kappa shape index (κ3) is 8.74. The molecule has 0 aliphatic carbocycles. The molecule has 0 atom stereocenters. The van der Waals surface area contributed by atoms with Gasteiger partial charge >= 0.3 is 0 Å². The van der Waals surface area contributed by atoms with Gasteiger partial charge in [0.05, 0.1) is 37.6 Å². The fraction of sp³-hybridized carbons (Fsp3) is 0.238. The van der Waals surface area contributed by atoms with Gasteiger partial charge in [0.2, 0.25) is 0 Å². The van der Waals surface area contributed by atoms with E-state index in [-0.39, 0.29) is 39.5 Å². The number of hydrogen-bond acceptors (Lipinski definition) is 3. The van der Waals surface area contributed by atoms with E-state index in [1.165, 1.54) is 0 Å². The van der Waals surface area contributed by atoms with E-state index in [1.54, 1.807) is 60.0 Å². The molecule has 0 saturated heterocycles. The normalized spacial score (nSPS) is 17.1. The number of phenols is 1. The summed E-state index contributed by atoms with van der Waals surface area (Å²) in [5, 5.41) is 12.0. The molecule has 0 bridgehead atoms. The first kappa shape index (κ1) is 27.6. The molecular weight excluding hydrogens is 815 g/mol. The largest absolute Gasteiger partial charge is 0.507 e. The van der Waals surface area contributed by atoms with Gasteiger partial charge in [-0.2, -0.15) is 0 Å². The number of hydrogen-bond donors (Lipinski definition) is 1.